The Balaban J connectivity index is 2.31. The van der Waals surface area contributed by atoms with Crippen molar-refractivity contribution < 1.29 is 14.3 Å². The zero-order valence-corrected chi connectivity index (χ0v) is 9.84. The van der Waals surface area contributed by atoms with E-state index in [2.05, 4.69) is 4.98 Å². The Bertz CT molecular complexity index is 453. The highest BCUT2D eigenvalue weighted by Gasteiger charge is 2.24. The van der Waals surface area contributed by atoms with Gasteiger partial charge in [-0.1, -0.05) is 0 Å². The van der Waals surface area contributed by atoms with E-state index in [0.29, 0.717) is 12.0 Å². The van der Waals surface area contributed by atoms with Gasteiger partial charge >= 0.3 is 0 Å². The zero-order valence-electron chi connectivity index (χ0n) is 9.84. The fourth-order valence-electron chi connectivity index (χ4n) is 1.41. The maximum atomic E-state index is 11.8. The second-order valence-electron chi connectivity index (χ2n) is 4.24. The number of aldehydes is 1. The van der Waals surface area contributed by atoms with Crippen molar-refractivity contribution in [1.29, 1.82) is 0 Å². The molecule has 0 aromatic carbocycles. The van der Waals surface area contributed by atoms with Crippen molar-refractivity contribution in [3.8, 4) is 5.75 Å². The first-order chi connectivity index (χ1) is 8.11. The van der Waals surface area contributed by atoms with E-state index in [0.717, 1.165) is 12.8 Å². The first-order valence-electron chi connectivity index (χ1n) is 5.45. The van der Waals surface area contributed by atoms with Gasteiger partial charge in [-0.05, 0) is 18.9 Å². The summed E-state index contributed by atoms with van der Waals surface area (Å²) in [5.74, 6) is 0.296. The van der Waals surface area contributed by atoms with Crippen molar-refractivity contribution >= 4 is 12.2 Å². The van der Waals surface area contributed by atoms with Crippen LogP contribution >= 0.6 is 0 Å². The molecule has 0 radical (unpaired) electrons. The molecule has 2 rings (SSSR count). The van der Waals surface area contributed by atoms with Crippen LogP contribution in [-0.4, -0.2) is 42.3 Å². The first kappa shape index (κ1) is 11.6. The molecule has 1 aromatic rings. The third kappa shape index (κ3) is 2.61. The molecule has 0 spiro atoms. The molecule has 0 atom stereocenters. The average Bonchev–Trinajstić information content (AvgIpc) is 3.11. The minimum atomic E-state index is -0.249. The predicted octanol–water partition coefficient (Wildman–Crippen LogP) is 1.14. The minimum Gasteiger partial charge on any atom is -0.489 e. The maximum absolute atomic E-state index is 11.8. The molecule has 17 heavy (non-hydrogen) atoms. The number of carbonyl (C=O) groups excluding carboxylic acids is 2. The monoisotopic (exact) mass is 234 g/mol. The fourth-order valence-corrected chi connectivity index (χ4v) is 1.41. The Morgan fingerprint density at radius 3 is 2.76 bits per heavy atom. The summed E-state index contributed by atoms with van der Waals surface area (Å²) in [5.41, 5.74) is 0.426. The van der Waals surface area contributed by atoms with Gasteiger partial charge in [-0.3, -0.25) is 9.59 Å². The van der Waals surface area contributed by atoms with Gasteiger partial charge < -0.3 is 9.64 Å². The van der Waals surface area contributed by atoms with E-state index < -0.39 is 0 Å². The SMILES string of the molecule is CN(C)C(=O)c1cc(OC2CC2)cnc1C=O. The smallest absolute Gasteiger partial charge is 0.255 e. The molecule has 0 aliphatic heterocycles. The van der Waals surface area contributed by atoms with Crippen LogP contribution in [0.3, 0.4) is 0 Å². The normalized spacial score (nSPS) is 14.2. The first-order valence-corrected chi connectivity index (χ1v) is 5.45. The van der Waals surface area contributed by atoms with Gasteiger partial charge in [0, 0.05) is 14.1 Å². The second kappa shape index (κ2) is 4.53. The van der Waals surface area contributed by atoms with Crippen LogP contribution in [0.2, 0.25) is 0 Å². The Hall–Kier alpha value is -1.91. The Morgan fingerprint density at radius 1 is 1.53 bits per heavy atom. The number of nitrogens with zero attached hydrogens (tertiary/aromatic N) is 2. The number of hydrogen-bond acceptors (Lipinski definition) is 4. The van der Waals surface area contributed by atoms with Gasteiger partial charge in [0.1, 0.15) is 11.4 Å². The van der Waals surface area contributed by atoms with E-state index in [1.165, 1.54) is 11.1 Å². The van der Waals surface area contributed by atoms with Crippen molar-refractivity contribution in [2.75, 3.05) is 14.1 Å². The number of hydrogen-bond donors (Lipinski definition) is 0. The zero-order chi connectivity index (χ0) is 12.4. The highest BCUT2D eigenvalue weighted by atomic mass is 16.5. The van der Waals surface area contributed by atoms with Crippen LogP contribution in [0.25, 0.3) is 0 Å². The summed E-state index contributed by atoms with van der Waals surface area (Å²) >= 11 is 0. The third-order valence-corrected chi connectivity index (χ3v) is 2.47. The molecule has 1 amide bonds. The van der Waals surface area contributed by atoms with Crippen LogP contribution in [0.4, 0.5) is 0 Å². The summed E-state index contributed by atoms with van der Waals surface area (Å²) in [5, 5.41) is 0. The van der Waals surface area contributed by atoms with E-state index in [4.69, 9.17) is 4.74 Å². The van der Waals surface area contributed by atoms with Gasteiger partial charge in [0.15, 0.2) is 6.29 Å². The lowest BCUT2D eigenvalue weighted by molar-refractivity contribution is 0.0822. The highest BCUT2D eigenvalue weighted by Crippen LogP contribution is 2.27. The Morgan fingerprint density at radius 2 is 2.24 bits per heavy atom. The summed E-state index contributed by atoms with van der Waals surface area (Å²) in [6, 6.07) is 1.58. The number of rotatable bonds is 4. The molecule has 5 heteroatoms. The van der Waals surface area contributed by atoms with E-state index in [9.17, 15) is 9.59 Å². The summed E-state index contributed by atoms with van der Waals surface area (Å²) in [4.78, 5) is 28.0. The van der Waals surface area contributed by atoms with Crippen molar-refractivity contribution in [1.82, 2.24) is 9.88 Å². The van der Waals surface area contributed by atoms with Crippen LogP contribution < -0.4 is 4.74 Å². The van der Waals surface area contributed by atoms with E-state index >= 15 is 0 Å². The van der Waals surface area contributed by atoms with Gasteiger partial charge in [-0.15, -0.1) is 0 Å². The molecule has 1 fully saturated rings. The third-order valence-electron chi connectivity index (χ3n) is 2.47. The lowest BCUT2D eigenvalue weighted by atomic mass is 10.2. The average molecular weight is 234 g/mol. The number of carbonyl (C=O) groups is 2. The van der Waals surface area contributed by atoms with Crippen molar-refractivity contribution in [3.05, 3.63) is 23.5 Å². The van der Waals surface area contributed by atoms with Crippen LogP contribution in [-0.2, 0) is 0 Å². The van der Waals surface area contributed by atoms with Gasteiger partial charge in [0.05, 0.1) is 17.9 Å². The van der Waals surface area contributed by atoms with Crippen LogP contribution in [0.1, 0.15) is 33.7 Å². The second-order valence-corrected chi connectivity index (χ2v) is 4.24. The maximum Gasteiger partial charge on any atom is 0.255 e. The summed E-state index contributed by atoms with van der Waals surface area (Å²) in [6.07, 6.45) is 4.37. The standard InChI is InChI=1S/C12H14N2O3/c1-14(2)12(16)10-5-9(17-8-3-4-8)6-13-11(10)7-15/h5-8H,3-4H2,1-2H3. The van der Waals surface area contributed by atoms with Crippen molar-refractivity contribution in [2.45, 2.75) is 18.9 Å². The number of aromatic nitrogens is 1. The molecule has 1 aromatic heterocycles. The topological polar surface area (TPSA) is 59.5 Å². The number of pyridine rings is 1. The van der Waals surface area contributed by atoms with E-state index in [-0.39, 0.29) is 23.3 Å². The summed E-state index contributed by atoms with van der Waals surface area (Å²) in [7, 11) is 3.26. The fraction of sp³-hybridized carbons (Fsp3) is 0.417. The molecule has 5 nitrogen and oxygen atoms in total. The predicted molar refractivity (Wildman–Crippen MR) is 61.3 cm³/mol. The molecular formula is C12H14N2O3. The largest absolute Gasteiger partial charge is 0.489 e. The minimum absolute atomic E-state index is 0.145. The van der Waals surface area contributed by atoms with Gasteiger partial charge in [-0.2, -0.15) is 0 Å². The molecule has 0 bridgehead atoms. The van der Waals surface area contributed by atoms with Crippen LogP contribution in [0.15, 0.2) is 12.3 Å². The lowest BCUT2D eigenvalue weighted by Crippen LogP contribution is -2.23. The summed E-state index contributed by atoms with van der Waals surface area (Å²) in [6.45, 7) is 0. The van der Waals surface area contributed by atoms with Gasteiger partial charge in [-0.25, -0.2) is 4.98 Å². The van der Waals surface area contributed by atoms with Crippen LogP contribution in [0, 0.1) is 0 Å². The van der Waals surface area contributed by atoms with Crippen LogP contribution in [0.5, 0.6) is 5.75 Å². The molecule has 1 saturated carbocycles. The molecule has 1 heterocycles. The molecule has 1 aliphatic rings. The summed E-state index contributed by atoms with van der Waals surface area (Å²) < 4.78 is 5.55. The molecule has 90 valence electrons. The van der Waals surface area contributed by atoms with E-state index in [1.807, 2.05) is 0 Å². The van der Waals surface area contributed by atoms with E-state index in [1.54, 1.807) is 20.2 Å². The molecule has 1 aliphatic carbocycles. The van der Waals surface area contributed by atoms with Gasteiger partial charge in [0.2, 0.25) is 0 Å². The highest BCUT2D eigenvalue weighted by molar-refractivity contribution is 6.00. The van der Waals surface area contributed by atoms with Crippen molar-refractivity contribution in [3.63, 3.8) is 0 Å². The molecule has 0 unspecified atom stereocenters. The quantitative estimate of drug-likeness (QED) is 0.733. The molecular weight excluding hydrogens is 220 g/mol. The molecule has 0 saturated heterocycles. The molecule has 0 N–H and O–H groups in total. The van der Waals surface area contributed by atoms with Gasteiger partial charge in [0.25, 0.3) is 5.91 Å². The Labute approximate surface area is 99.4 Å². The number of amides is 1. The Kier molecular flexibility index (Phi) is 3.08. The van der Waals surface area contributed by atoms with Crippen molar-refractivity contribution in [2.24, 2.45) is 0 Å². The number of ether oxygens (including phenoxy) is 1. The lowest BCUT2D eigenvalue weighted by Gasteiger charge is -2.12.